The van der Waals surface area contributed by atoms with Crippen LogP contribution < -0.4 is 10.1 Å². The lowest BCUT2D eigenvalue weighted by Crippen LogP contribution is -2.45. The maximum absolute atomic E-state index is 12.1. The van der Waals surface area contributed by atoms with Gasteiger partial charge in [0.1, 0.15) is 5.75 Å². The van der Waals surface area contributed by atoms with Crippen LogP contribution in [0.15, 0.2) is 48.5 Å². The summed E-state index contributed by atoms with van der Waals surface area (Å²) in [5, 5.41) is 14.4. The van der Waals surface area contributed by atoms with Crippen molar-refractivity contribution in [3.8, 4) is 5.75 Å². The minimum absolute atomic E-state index is 0.0119. The van der Waals surface area contributed by atoms with Crippen molar-refractivity contribution >= 4 is 23.2 Å². The van der Waals surface area contributed by atoms with Crippen LogP contribution in [-0.2, 0) is 11.3 Å². The molecular formula is C20H22ClN3O4. The Bertz CT molecular complexity index is 803. The lowest BCUT2D eigenvalue weighted by molar-refractivity contribution is -0.384. The number of nitrogens with one attached hydrogen (secondary N) is 1. The number of nitro groups is 1. The van der Waals surface area contributed by atoms with Crippen LogP contribution in [0.2, 0.25) is 5.02 Å². The van der Waals surface area contributed by atoms with Gasteiger partial charge in [-0.25, -0.2) is 0 Å². The fourth-order valence-electron chi connectivity index (χ4n) is 3.17. The van der Waals surface area contributed by atoms with E-state index in [9.17, 15) is 14.9 Å². The number of carbonyl (C=O) groups excluding carboxylic acids is 1. The molecule has 7 nitrogen and oxygen atoms in total. The number of likely N-dealkylation sites (tertiary alicyclic amines) is 1. The van der Waals surface area contributed by atoms with E-state index in [1.165, 1.54) is 29.8 Å². The summed E-state index contributed by atoms with van der Waals surface area (Å²) in [4.78, 5) is 24.6. The van der Waals surface area contributed by atoms with E-state index >= 15 is 0 Å². The van der Waals surface area contributed by atoms with Gasteiger partial charge in [-0.3, -0.25) is 19.8 Å². The molecule has 0 aromatic heterocycles. The number of amides is 1. The van der Waals surface area contributed by atoms with E-state index in [-0.39, 0.29) is 24.2 Å². The Morgan fingerprint density at radius 3 is 2.39 bits per heavy atom. The highest BCUT2D eigenvalue weighted by molar-refractivity contribution is 6.30. The van der Waals surface area contributed by atoms with Crippen molar-refractivity contribution in [3.63, 3.8) is 0 Å². The molecule has 28 heavy (non-hydrogen) atoms. The number of hydrogen-bond donors (Lipinski definition) is 1. The van der Waals surface area contributed by atoms with Gasteiger partial charge in [-0.05, 0) is 42.7 Å². The van der Waals surface area contributed by atoms with Crippen molar-refractivity contribution in [2.75, 3.05) is 19.7 Å². The second-order valence-electron chi connectivity index (χ2n) is 6.78. The van der Waals surface area contributed by atoms with E-state index < -0.39 is 4.92 Å². The molecule has 1 aliphatic rings. The van der Waals surface area contributed by atoms with Crippen molar-refractivity contribution < 1.29 is 14.5 Å². The normalized spacial score (nSPS) is 15.2. The third-order valence-corrected chi connectivity index (χ3v) is 4.94. The number of non-ortho nitro benzene ring substituents is 1. The Labute approximate surface area is 168 Å². The van der Waals surface area contributed by atoms with E-state index in [0.29, 0.717) is 5.75 Å². The minimum atomic E-state index is -0.476. The molecule has 0 bridgehead atoms. The maximum atomic E-state index is 12.1. The van der Waals surface area contributed by atoms with E-state index in [0.717, 1.165) is 37.5 Å². The van der Waals surface area contributed by atoms with E-state index in [2.05, 4.69) is 10.2 Å². The predicted octanol–water partition coefficient (Wildman–Crippen LogP) is 3.41. The SMILES string of the molecule is O=C(COc1ccc([N+](=O)[O-])cc1)NC1CCN(Cc2ccc(Cl)cc2)CC1. The van der Waals surface area contributed by atoms with Gasteiger partial charge in [0.25, 0.3) is 11.6 Å². The van der Waals surface area contributed by atoms with E-state index in [1.807, 2.05) is 24.3 Å². The van der Waals surface area contributed by atoms with Gasteiger partial charge in [0.15, 0.2) is 6.61 Å². The van der Waals surface area contributed by atoms with Gasteiger partial charge in [0.2, 0.25) is 0 Å². The van der Waals surface area contributed by atoms with Crippen molar-refractivity contribution in [1.29, 1.82) is 0 Å². The van der Waals surface area contributed by atoms with Crippen LogP contribution in [0, 0.1) is 10.1 Å². The molecule has 0 aliphatic carbocycles. The van der Waals surface area contributed by atoms with Gasteiger partial charge in [-0.2, -0.15) is 0 Å². The van der Waals surface area contributed by atoms with Gasteiger partial charge < -0.3 is 10.1 Å². The Hall–Kier alpha value is -2.64. The fourth-order valence-corrected chi connectivity index (χ4v) is 3.29. The van der Waals surface area contributed by atoms with E-state index in [4.69, 9.17) is 16.3 Å². The molecule has 0 atom stereocenters. The Balaban J connectivity index is 1.37. The second kappa shape index (κ2) is 9.52. The van der Waals surface area contributed by atoms with Gasteiger partial charge >= 0.3 is 0 Å². The number of hydrogen-bond acceptors (Lipinski definition) is 5. The first kappa shape index (κ1) is 20.1. The van der Waals surface area contributed by atoms with Gasteiger partial charge in [-0.15, -0.1) is 0 Å². The predicted molar refractivity (Wildman–Crippen MR) is 106 cm³/mol. The standard InChI is InChI=1S/C20H22ClN3O4/c21-16-3-1-15(2-4-16)13-23-11-9-17(10-12-23)22-20(25)14-28-19-7-5-18(6-8-19)24(26)27/h1-8,17H,9-14H2,(H,22,25). The van der Waals surface area contributed by atoms with Gasteiger partial charge in [0, 0.05) is 42.8 Å². The molecule has 0 saturated carbocycles. The summed E-state index contributed by atoms with van der Waals surface area (Å²) in [5.74, 6) is 0.244. The molecule has 0 spiro atoms. The zero-order chi connectivity index (χ0) is 19.9. The zero-order valence-electron chi connectivity index (χ0n) is 15.3. The van der Waals surface area contributed by atoms with Crippen LogP contribution in [0.1, 0.15) is 18.4 Å². The Morgan fingerprint density at radius 1 is 1.14 bits per heavy atom. The summed E-state index contributed by atoms with van der Waals surface area (Å²) in [7, 11) is 0. The smallest absolute Gasteiger partial charge is 0.269 e. The number of piperidine rings is 1. The summed E-state index contributed by atoms with van der Waals surface area (Å²) < 4.78 is 5.40. The molecule has 1 fully saturated rings. The van der Waals surface area contributed by atoms with Crippen molar-refractivity contribution in [2.45, 2.75) is 25.4 Å². The van der Waals surface area contributed by atoms with Crippen LogP contribution in [0.25, 0.3) is 0 Å². The third-order valence-electron chi connectivity index (χ3n) is 4.69. The maximum Gasteiger partial charge on any atom is 0.269 e. The Morgan fingerprint density at radius 2 is 1.79 bits per heavy atom. The first-order valence-electron chi connectivity index (χ1n) is 9.13. The second-order valence-corrected chi connectivity index (χ2v) is 7.22. The molecule has 1 heterocycles. The van der Waals surface area contributed by atoms with Crippen molar-refractivity contribution in [2.24, 2.45) is 0 Å². The highest BCUT2D eigenvalue weighted by Gasteiger charge is 2.21. The fraction of sp³-hybridized carbons (Fsp3) is 0.350. The summed E-state index contributed by atoms with van der Waals surface area (Å²) in [6.07, 6.45) is 1.77. The molecule has 0 unspecified atom stereocenters. The van der Waals surface area contributed by atoms with Gasteiger partial charge in [0.05, 0.1) is 4.92 Å². The monoisotopic (exact) mass is 403 g/mol. The lowest BCUT2D eigenvalue weighted by atomic mass is 10.0. The van der Waals surface area contributed by atoms with Crippen LogP contribution >= 0.6 is 11.6 Å². The molecule has 0 radical (unpaired) electrons. The molecule has 3 rings (SSSR count). The highest BCUT2D eigenvalue weighted by Crippen LogP contribution is 2.18. The molecule has 1 aliphatic heterocycles. The quantitative estimate of drug-likeness (QED) is 0.565. The van der Waals surface area contributed by atoms with Crippen molar-refractivity contribution in [3.05, 3.63) is 69.2 Å². The molecule has 148 valence electrons. The zero-order valence-corrected chi connectivity index (χ0v) is 16.1. The van der Waals surface area contributed by atoms with Crippen molar-refractivity contribution in [1.82, 2.24) is 10.2 Å². The van der Waals surface area contributed by atoms with Crippen LogP contribution in [-0.4, -0.2) is 41.5 Å². The molecular weight excluding hydrogens is 382 g/mol. The van der Waals surface area contributed by atoms with Gasteiger partial charge in [-0.1, -0.05) is 23.7 Å². The van der Waals surface area contributed by atoms with Crippen LogP contribution in [0.5, 0.6) is 5.75 Å². The van der Waals surface area contributed by atoms with Crippen LogP contribution in [0.3, 0.4) is 0 Å². The molecule has 1 amide bonds. The molecule has 8 heteroatoms. The molecule has 1 saturated heterocycles. The number of halogens is 1. The number of nitro benzene ring substituents is 1. The molecule has 1 N–H and O–H groups in total. The largest absolute Gasteiger partial charge is 0.484 e. The summed E-state index contributed by atoms with van der Waals surface area (Å²) >= 11 is 5.92. The summed E-state index contributed by atoms with van der Waals surface area (Å²) in [5.41, 5.74) is 1.21. The lowest BCUT2D eigenvalue weighted by Gasteiger charge is -2.32. The first-order valence-corrected chi connectivity index (χ1v) is 9.51. The summed E-state index contributed by atoms with van der Waals surface area (Å²) in [6.45, 7) is 2.59. The number of nitrogens with zero attached hydrogens (tertiary/aromatic N) is 2. The topological polar surface area (TPSA) is 84.7 Å². The minimum Gasteiger partial charge on any atom is -0.484 e. The first-order chi connectivity index (χ1) is 13.5. The number of carbonyl (C=O) groups is 1. The number of rotatable bonds is 7. The highest BCUT2D eigenvalue weighted by atomic mass is 35.5. The average Bonchev–Trinajstić information content (AvgIpc) is 2.70. The molecule has 2 aromatic carbocycles. The number of benzene rings is 2. The molecule has 2 aromatic rings. The Kier molecular flexibility index (Phi) is 6.84. The summed E-state index contributed by atoms with van der Waals surface area (Å²) in [6, 6.07) is 13.7. The third kappa shape index (κ3) is 5.94. The van der Waals surface area contributed by atoms with E-state index in [1.54, 1.807) is 0 Å². The van der Waals surface area contributed by atoms with Crippen LogP contribution in [0.4, 0.5) is 5.69 Å². The number of ether oxygens (including phenoxy) is 1. The average molecular weight is 404 g/mol.